The van der Waals surface area contributed by atoms with Crippen molar-refractivity contribution in [1.29, 1.82) is 0 Å². The first-order valence-corrected chi connectivity index (χ1v) is 12.6. The van der Waals surface area contributed by atoms with Crippen LogP contribution in [0.5, 0.6) is 0 Å². The molecule has 1 saturated carbocycles. The van der Waals surface area contributed by atoms with Gasteiger partial charge in [-0.3, -0.25) is 0 Å². The third-order valence-electron chi connectivity index (χ3n) is 6.34. The molecule has 0 spiro atoms. The molecule has 0 aliphatic heterocycles. The molecular weight excluding hydrogens is 511 g/mol. The van der Waals surface area contributed by atoms with Crippen LogP contribution < -0.4 is 10.6 Å². The number of nitrogens with one attached hydrogen (secondary N) is 2. The number of fused-ring (bicyclic) bond motifs is 1. The van der Waals surface area contributed by atoms with Crippen LogP contribution in [0.25, 0.3) is 20.8 Å². The summed E-state index contributed by atoms with van der Waals surface area (Å²) >= 11 is 1.41. The highest BCUT2D eigenvalue weighted by atomic mass is 32.1. The molecule has 0 saturated heterocycles. The van der Waals surface area contributed by atoms with Crippen LogP contribution in [0.4, 0.5) is 24.9 Å². The van der Waals surface area contributed by atoms with Gasteiger partial charge in [0.05, 0.1) is 33.7 Å². The molecule has 5 N–H and O–H groups in total. The average Bonchev–Trinajstić information content (AvgIpc) is 3.33. The fourth-order valence-corrected chi connectivity index (χ4v) is 5.56. The first-order valence-electron chi connectivity index (χ1n) is 11.8. The van der Waals surface area contributed by atoms with Crippen LogP contribution in [0.1, 0.15) is 32.4 Å². The molecule has 0 radical (unpaired) electrons. The lowest BCUT2D eigenvalue weighted by molar-refractivity contribution is -0.172. The summed E-state index contributed by atoms with van der Waals surface area (Å²) in [5.74, 6) is -0.277. The number of alkyl halides is 3. The zero-order valence-electron chi connectivity index (χ0n) is 20.6. The van der Waals surface area contributed by atoms with Gasteiger partial charge in [-0.1, -0.05) is 12.1 Å². The first kappa shape index (κ1) is 27.5. The summed E-state index contributed by atoms with van der Waals surface area (Å²) in [6.07, 6.45) is -5.19. The van der Waals surface area contributed by atoms with Crippen molar-refractivity contribution in [3.8, 4) is 10.6 Å². The van der Waals surface area contributed by atoms with Crippen LogP contribution in [0.3, 0.4) is 0 Å². The van der Waals surface area contributed by atoms with E-state index in [2.05, 4.69) is 30.3 Å². The number of aryl methyl sites for hydroxylation is 1. The standard InChI is InChI=1S/C24H30F3N5O4S/c1-13-17(20-30-15-6-4-5-7-16(15)37-20)19(31-21(29-13)28-10-11-36-12-24(25,26)27)32-23(35)9-8-14(18(23)33)22(2,3)34/h4-7,14,18,33-35H,8-12H2,1-3H3,(H2,28,29,31,32). The number of ether oxygens (including phenoxy) is 1. The summed E-state index contributed by atoms with van der Waals surface area (Å²) < 4.78 is 42.5. The van der Waals surface area contributed by atoms with Gasteiger partial charge >= 0.3 is 6.18 Å². The number of benzene rings is 1. The van der Waals surface area contributed by atoms with E-state index in [1.807, 2.05) is 24.3 Å². The van der Waals surface area contributed by atoms with Gasteiger partial charge in [0.2, 0.25) is 5.95 Å². The van der Waals surface area contributed by atoms with E-state index in [9.17, 15) is 28.5 Å². The molecule has 3 atom stereocenters. The molecule has 2 aromatic heterocycles. The van der Waals surface area contributed by atoms with E-state index in [4.69, 9.17) is 0 Å². The van der Waals surface area contributed by atoms with Crippen molar-refractivity contribution in [2.75, 3.05) is 30.4 Å². The molecule has 202 valence electrons. The number of thiazole rings is 1. The number of rotatable bonds is 9. The van der Waals surface area contributed by atoms with Gasteiger partial charge in [0.1, 0.15) is 23.5 Å². The second-order valence-corrected chi connectivity index (χ2v) is 10.8. The third kappa shape index (κ3) is 6.29. The van der Waals surface area contributed by atoms with E-state index in [-0.39, 0.29) is 31.3 Å². The average molecular weight is 542 g/mol. The van der Waals surface area contributed by atoms with E-state index < -0.39 is 36.1 Å². The Morgan fingerprint density at radius 1 is 1.19 bits per heavy atom. The molecule has 1 aromatic carbocycles. The summed E-state index contributed by atoms with van der Waals surface area (Å²) in [7, 11) is 0. The summed E-state index contributed by atoms with van der Waals surface area (Å²) in [4.78, 5) is 13.6. The molecule has 1 fully saturated rings. The molecule has 0 amide bonds. The monoisotopic (exact) mass is 541 g/mol. The predicted octanol–water partition coefficient (Wildman–Crippen LogP) is 3.69. The number of halogens is 3. The molecule has 3 unspecified atom stereocenters. The molecule has 1 aliphatic rings. The fourth-order valence-electron chi connectivity index (χ4n) is 4.50. The van der Waals surface area contributed by atoms with Crippen LogP contribution in [0.2, 0.25) is 0 Å². The first-order chi connectivity index (χ1) is 17.3. The highest BCUT2D eigenvalue weighted by Crippen LogP contribution is 2.43. The lowest BCUT2D eigenvalue weighted by Crippen LogP contribution is -2.51. The molecule has 9 nitrogen and oxygen atoms in total. The molecule has 1 aliphatic carbocycles. The lowest BCUT2D eigenvalue weighted by atomic mass is 9.87. The number of aliphatic hydroxyl groups excluding tert-OH is 1. The van der Waals surface area contributed by atoms with Gasteiger partial charge in [0.25, 0.3) is 0 Å². The summed E-state index contributed by atoms with van der Waals surface area (Å²) in [6, 6.07) is 7.57. The number of hydrogen-bond donors (Lipinski definition) is 5. The Hall–Kier alpha value is -2.58. The molecular formula is C24H30F3N5O4S. The summed E-state index contributed by atoms with van der Waals surface area (Å²) in [5, 5.41) is 39.2. The normalized spacial score (nSPS) is 22.5. The van der Waals surface area contributed by atoms with Gasteiger partial charge in [-0.15, -0.1) is 11.3 Å². The molecule has 3 aromatic rings. The highest BCUT2D eigenvalue weighted by molar-refractivity contribution is 7.21. The van der Waals surface area contributed by atoms with E-state index in [1.165, 1.54) is 11.3 Å². The van der Waals surface area contributed by atoms with E-state index in [1.54, 1.807) is 20.8 Å². The van der Waals surface area contributed by atoms with Crippen molar-refractivity contribution >= 4 is 33.3 Å². The SMILES string of the molecule is Cc1nc(NCCOCC(F)(F)F)nc(NC2(O)CCC(C(C)(C)O)C2O)c1-c1nc2ccccc2s1. The lowest BCUT2D eigenvalue weighted by Gasteiger charge is -2.34. The second kappa shape index (κ2) is 10.3. The molecule has 4 rings (SSSR count). The summed E-state index contributed by atoms with van der Waals surface area (Å²) in [5.41, 5.74) is -1.20. The quantitative estimate of drug-likeness (QED) is 0.203. The van der Waals surface area contributed by atoms with Crippen LogP contribution in [0.15, 0.2) is 24.3 Å². The fraction of sp³-hybridized carbons (Fsp3) is 0.542. The third-order valence-corrected chi connectivity index (χ3v) is 7.40. The van der Waals surface area contributed by atoms with Crippen LogP contribution >= 0.6 is 11.3 Å². The number of hydrogen-bond acceptors (Lipinski definition) is 10. The maximum absolute atomic E-state index is 12.3. The molecule has 13 heteroatoms. The van der Waals surface area contributed by atoms with Crippen LogP contribution in [-0.4, -0.2) is 73.6 Å². The minimum absolute atomic E-state index is 0.0170. The topological polar surface area (TPSA) is 133 Å². The van der Waals surface area contributed by atoms with Crippen molar-refractivity contribution < 1.29 is 33.2 Å². The van der Waals surface area contributed by atoms with Crippen molar-refractivity contribution in [2.24, 2.45) is 5.92 Å². The minimum Gasteiger partial charge on any atom is -0.390 e. The van der Waals surface area contributed by atoms with Crippen molar-refractivity contribution in [3.05, 3.63) is 30.0 Å². The van der Waals surface area contributed by atoms with Crippen LogP contribution in [0, 0.1) is 12.8 Å². The van der Waals surface area contributed by atoms with Crippen LogP contribution in [-0.2, 0) is 4.74 Å². The number of nitrogens with zero attached hydrogens (tertiary/aromatic N) is 3. The minimum atomic E-state index is -4.42. The number of aliphatic hydroxyl groups is 3. The zero-order chi connectivity index (χ0) is 27.0. The largest absolute Gasteiger partial charge is 0.411 e. The van der Waals surface area contributed by atoms with Gasteiger partial charge < -0.3 is 30.7 Å². The van der Waals surface area contributed by atoms with Crippen molar-refractivity contribution in [1.82, 2.24) is 15.0 Å². The van der Waals surface area contributed by atoms with Gasteiger partial charge in [-0.2, -0.15) is 18.2 Å². The Bertz CT molecular complexity index is 1220. The number of aromatic nitrogens is 3. The highest BCUT2D eigenvalue weighted by Gasteiger charge is 2.52. The number of anilines is 2. The molecule has 0 bridgehead atoms. The van der Waals surface area contributed by atoms with E-state index in [0.29, 0.717) is 22.7 Å². The maximum Gasteiger partial charge on any atom is 0.411 e. The molecule has 37 heavy (non-hydrogen) atoms. The Balaban J connectivity index is 1.65. The van der Waals surface area contributed by atoms with Gasteiger partial charge in [0, 0.05) is 12.5 Å². The summed E-state index contributed by atoms with van der Waals surface area (Å²) in [6.45, 7) is 3.33. The van der Waals surface area contributed by atoms with Gasteiger partial charge in [-0.25, -0.2) is 9.97 Å². The van der Waals surface area contributed by atoms with Crippen molar-refractivity contribution in [2.45, 2.75) is 57.2 Å². The Kier molecular flexibility index (Phi) is 7.64. The van der Waals surface area contributed by atoms with Gasteiger partial charge in [-0.05, 0) is 45.7 Å². The smallest absolute Gasteiger partial charge is 0.390 e. The zero-order valence-corrected chi connectivity index (χ0v) is 21.4. The van der Waals surface area contributed by atoms with E-state index in [0.717, 1.165) is 10.2 Å². The van der Waals surface area contributed by atoms with E-state index >= 15 is 0 Å². The Morgan fingerprint density at radius 3 is 2.57 bits per heavy atom. The van der Waals surface area contributed by atoms with Gasteiger partial charge in [0.15, 0.2) is 5.72 Å². The second-order valence-electron chi connectivity index (χ2n) is 9.73. The molecule has 2 heterocycles. The predicted molar refractivity (Wildman–Crippen MR) is 134 cm³/mol. The Labute approximate surface area is 215 Å². The Morgan fingerprint density at radius 2 is 1.92 bits per heavy atom. The maximum atomic E-state index is 12.3. The number of para-hydroxylation sites is 1. The van der Waals surface area contributed by atoms with Crippen molar-refractivity contribution in [3.63, 3.8) is 0 Å².